The van der Waals surface area contributed by atoms with Crippen LogP contribution in [0.3, 0.4) is 0 Å². The summed E-state index contributed by atoms with van der Waals surface area (Å²) in [6, 6.07) is -0.248. The maximum absolute atomic E-state index is 12.3. The van der Waals surface area contributed by atoms with Gasteiger partial charge in [0.1, 0.15) is 12.9 Å². The molecule has 1 aromatic heterocycles. The van der Waals surface area contributed by atoms with Crippen LogP contribution in [0.4, 0.5) is 5.95 Å². The molecule has 2 unspecified atom stereocenters. The first-order valence-electron chi connectivity index (χ1n) is 8.21. The molecule has 8 nitrogen and oxygen atoms in total. The van der Waals surface area contributed by atoms with Gasteiger partial charge in [0.2, 0.25) is 17.8 Å². The summed E-state index contributed by atoms with van der Waals surface area (Å²) in [4.78, 5) is 30.1. The van der Waals surface area contributed by atoms with Crippen molar-refractivity contribution in [2.24, 2.45) is 11.7 Å². The van der Waals surface area contributed by atoms with Crippen molar-refractivity contribution < 1.29 is 9.59 Å². The number of aromatic nitrogens is 3. The average molecular weight is 322 g/mol. The molecule has 128 valence electrons. The number of nitrogens with one attached hydrogen (secondary N) is 1. The highest BCUT2D eigenvalue weighted by atomic mass is 16.2. The van der Waals surface area contributed by atoms with Crippen molar-refractivity contribution in [1.29, 1.82) is 0 Å². The molecule has 1 aromatic rings. The molecule has 1 aliphatic heterocycles. The third kappa shape index (κ3) is 5.02. The van der Waals surface area contributed by atoms with Crippen molar-refractivity contribution in [3.05, 3.63) is 6.33 Å². The Morgan fingerprint density at radius 1 is 1.26 bits per heavy atom. The van der Waals surface area contributed by atoms with Crippen LogP contribution in [0, 0.1) is 5.92 Å². The van der Waals surface area contributed by atoms with E-state index in [0.717, 1.165) is 25.9 Å². The molecule has 1 aliphatic rings. The van der Waals surface area contributed by atoms with Gasteiger partial charge in [-0.3, -0.25) is 14.9 Å². The Balaban J connectivity index is 1.89. The Morgan fingerprint density at radius 2 is 1.91 bits per heavy atom. The molecule has 0 radical (unpaired) electrons. The number of rotatable bonds is 5. The first-order valence-corrected chi connectivity index (χ1v) is 8.21. The molecule has 2 atom stereocenters. The van der Waals surface area contributed by atoms with Gasteiger partial charge in [0.15, 0.2) is 0 Å². The first kappa shape index (κ1) is 17.4. The zero-order valence-corrected chi connectivity index (χ0v) is 13.9. The van der Waals surface area contributed by atoms with Crippen molar-refractivity contribution in [2.75, 3.05) is 18.4 Å². The van der Waals surface area contributed by atoms with Crippen molar-refractivity contribution in [1.82, 2.24) is 19.7 Å². The normalized spacial score (nSPS) is 18.1. The minimum atomic E-state index is -0.333. The SMILES string of the molecule is CC(N)C(C)C(=O)Nc1ncn(CC(=O)N2CCCCCC2)n1. The lowest BCUT2D eigenvalue weighted by Crippen LogP contribution is -2.35. The molecule has 2 rings (SSSR count). The van der Waals surface area contributed by atoms with Gasteiger partial charge >= 0.3 is 0 Å². The van der Waals surface area contributed by atoms with Crippen LogP contribution in [0.15, 0.2) is 6.33 Å². The van der Waals surface area contributed by atoms with E-state index in [1.165, 1.54) is 23.9 Å². The smallest absolute Gasteiger partial charge is 0.248 e. The molecular weight excluding hydrogens is 296 g/mol. The lowest BCUT2D eigenvalue weighted by atomic mass is 10.0. The minimum absolute atomic E-state index is 0.0404. The van der Waals surface area contributed by atoms with Crippen LogP contribution < -0.4 is 11.1 Å². The van der Waals surface area contributed by atoms with Crippen molar-refractivity contribution in [3.63, 3.8) is 0 Å². The molecule has 0 aliphatic carbocycles. The van der Waals surface area contributed by atoms with Gasteiger partial charge in [-0.2, -0.15) is 0 Å². The molecule has 0 saturated carbocycles. The number of nitrogens with two attached hydrogens (primary N) is 1. The molecule has 0 aromatic carbocycles. The van der Waals surface area contributed by atoms with E-state index >= 15 is 0 Å². The van der Waals surface area contributed by atoms with E-state index < -0.39 is 0 Å². The molecule has 0 spiro atoms. The van der Waals surface area contributed by atoms with Gasteiger partial charge in [0.25, 0.3) is 0 Å². The zero-order chi connectivity index (χ0) is 16.8. The van der Waals surface area contributed by atoms with Crippen molar-refractivity contribution in [3.8, 4) is 0 Å². The Kier molecular flexibility index (Phi) is 6.09. The van der Waals surface area contributed by atoms with Crippen LogP contribution in [0.5, 0.6) is 0 Å². The Bertz CT molecular complexity index is 534. The van der Waals surface area contributed by atoms with Crippen LogP contribution in [0.2, 0.25) is 0 Å². The zero-order valence-electron chi connectivity index (χ0n) is 13.9. The highest BCUT2D eigenvalue weighted by molar-refractivity contribution is 5.91. The fourth-order valence-electron chi connectivity index (χ4n) is 2.45. The first-order chi connectivity index (χ1) is 11.0. The lowest BCUT2D eigenvalue weighted by molar-refractivity contribution is -0.132. The van der Waals surface area contributed by atoms with Crippen molar-refractivity contribution in [2.45, 2.75) is 52.1 Å². The number of amides is 2. The highest BCUT2D eigenvalue weighted by Crippen LogP contribution is 2.10. The topological polar surface area (TPSA) is 106 Å². The predicted octanol–water partition coefficient (Wildman–Crippen LogP) is 0.602. The standard InChI is InChI=1S/C15H26N6O2/c1-11(12(2)16)14(23)18-15-17-10-21(19-15)9-13(22)20-7-5-3-4-6-8-20/h10-12H,3-9,16H2,1-2H3,(H,18,19,23). The summed E-state index contributed by atoms with van der Waals surface area (Å²) in [5.41, 5.74) is 5.70. The molecule has 1 fully saturated rings. The molecule has 3 N–H and O–H groups in total. The molecule has 2 heterocycles. The van der Waals surface area contributed by atoms with Gasteiger partial charge in [-0.25, -0.2) is 9.67 Å². The molecule has 2 amide bonds. The number of likely N-dealkylation sites (tertiary alicyclic amines) is 1. The Morgan fingerprint density at radius 3 is 2.52 bits per heavy atom. The van der Waals surface area contributed by atoms with E-state index in [2.05, 4.69) is 15.4 Å². The van der Waals surface area contributed by atoms with Gasteiger partial charge in [-0.1, -0.05) is 19.8 Å². The number of carbonyl (C=O) groups excluding carboxylic acids is 2. The summed E-state index contributed by atoms with van der Waals surface area (Å²) in [5, 5.41) is 6.75. The summed E-state index contributed by atoms with van der Waals surface area (Å²) >= 11 is 0. The third-order valence-corrected chi connectivity index (χ3v) is 4.23. The van der Waals surface area contributed by atoms with Crippen LogP contribution in [-0.2, 0) is 16.1 Å². The molecule has 23 heavy (non-hydrogen) atoms. The number of hydrogen-bond acceptors (Lipinski definition) is 5. The fraction of sp³-hybridized carbons (Fsp3) is 0.733. The summed E-state index contributed by atoms with van der Waals surface area (Å²) in [7, 11) is 0. The summed E-state index contributed by atoms with van der Waals surface area (Å²) in [6.45, 7) is 5.29. The predicted molar refractivity (Wildman–Crippen MR) is 86.5 cm³/mol. The van der Waals surface area contributed by atoms with Crippen LogP contribution in [-0.4, -0.2) is 50.6 Å². The highest BCUT2D eigenvalue weighted by Gasteiger charge is 2.19. The summed E-state index contributed by atoms with van der Waals surface area (Å²) in [5.74, 6) is -0.318. The quantitative estimate of drug-likeness (QED) is 0.826. The van der Waals surface area contributed by atoms with E-state index in [-0.39, 0.29) is 36.3 Å². The fourth-order valence-corrected chi connectivity index (χ4v) is 2.45. The maximum atomic E-state index is 12.3. The second-order valence-electron chi connectivity index (χ2n) is 6.20. The van der Waals surface area contributed by atoms with Gasteiger partial charge < -0.3 is 10.6 Å². The molecular formula is C15H26N6O2. The van der Waals surface area contributed by atoms with Gasteiger partial charge in [-0.15, -0.1) is 5.10 Å². The molecule has 1 saturated heterocycles. The van der Waals surface area contributed by atoms with Gasteiger partial charge in [-0.05, 0) is 19.8 Å². The van der Waals surface area contributed by atoms with E-state index in [0.29, 0.717) is 0 Å². The average Bonchev–Trinajstić information content (AvgIpc) is 2.77. The maximum Gasteiger partial charge on any atom is 0.248 e. The molecule has 0 bridgehead atoms. The Labute approximate surface area is 136 Å². The summed E-state index contributed by atoms with van der Waals surface area (Å²) < 4.78 is 1.46. The number of hydrogen-bond donors (Lipinski definition) is 2. The molecule has 8 heteroatoms. The number of anilines is 1. The van der Waals surface area contributed by atoms with E-state index in [1.807, 2.05) is 4.90 Å². The second kappa shape index (κ2) is 8.05. The Hall–Kier alpha value is -1.96. The number of carbonyl (C=O) groups is 2. The third-order valence-electron chi connectivity index (χ3n) is 4.23. The monoisotopic (exact) mass is 322 g/mol. The van der Waals surface area contributed by atoms with E-state index in [9.17, 15) is 9.59 Å². The van der Waals surface area contributed by atoms with Gasteiger partial charge in [0, 0.05) is 19.1 Å². The van der Waals surface area contributed by atoms with Crippen LogP contribution >= 0.6 is 0 Å². The van der Waals surface area contributed by atoms with E-state index in [4.69, 9.17) is 5.73 Å². The second-order valence-corrected chi connectivity index (χ2v) is 6.20. The largest absolute Gasteiger partial charge is 0.341 e. The van der Waals surface area contributed by atoms with Crippen molar-refractivity contribution >= 4 is 17.8 Å². The lowest BCUT2D eigenvalue weighted by Gasteiger charge is -2.19. The van der Waals surface area contributed by atoms with E-state index in [1.54, 1.807) is 13.8 Å². The van der Waals surface area contributed by atoms with Crippen LogP contribution in [0.25, 0.3) is 0 Å². The number of nitrogens with zero attached hydrogens (tertiary/aromatic N) is 4. The minimum Gasteiger partial charge on any atom is -0.341 e. The van der Waals surface area contributed by atoms with Crippen LogP contribution in [0.1, 0.15) is 39.5 Å². The summed E-state index contributed by atoms with van der Waals surface area (Å²) in [6.07, 6.45) is 5.93. The van der Waals surface area contributed by atoms with Gasteiger partial charge in [0.05, 0.1) is 5.92 Å².